The number of halogens is 2. The maximum atomic E-state index is 13.3. The molecule has 6 nitrogen and oxygen atoms in total. The van der Waals surface area contributed by atoms with Crippen molar-refractivity contribution in [2.45, 2.75) is 64.0 Å². The Balaban J connectivity index is 2.11. The van der Waals surface area contributed by atoms with E-state index in [0.717, 1.165) is 36.0 Å². The van der Waals surface area contributed by atoms with Gasteiger partial charge >= 0.3 is 5.97 Å². The molecule has 8 heteroatoms. The fourth-order valence-electron chi connectivity index (χ4n) is 4.83. The van der Waals surface area contributed by atoms with Crippen molar-refractivity contribution in [1.82, 2.24) is 4.90 Å². The first-order chi connectivity index (χ1) is 15.2. The van der Waals surface area contributed by atoms with Gasteiger partial charge in [0.1, 0.15) is 0 Å². The van der Waals surface area contributed by atoms with Crippen LogP contribution in [0.15, 0.2) is 49.1 Å². The van der Waals surface area contributed by atoms with Crippen molar-refractivity contribution >= 4 is 40.2 Å². The van der Waals surface area contributed by atoms with Crippen molar-refractivity contribution in [2.24, 2.45) is 4.99 Å². The van der Waals surface area contributed by atoms with Crippen molar-refractivity contribution in [3.8, 4) is 0 Å². The number of fused-ring (bicyclic) bond motifs is 1. The summed E-state index contributed by atoms with van der Waals surface area (Å²) in [6.07, 6.45) is 5.24. The minimum atomic E-state index is -2.11. The second-order valence-corrected chi connectivity index (χ2v) is 9.46. The molecule has 0 spiro atoms. The molecule has 1 amide bonds. The highest BCUT2D eigenvalue weighted by atomic mass is 127. The maximum absolute atomic E-state index is 13.3. The van der Waals surface area contributed by atoms with Crippen LogP contribution < -0.4 is 0 Å². The lowest BCUT2D eigenvalue weighted by Crippen LogP contribution is -2.49. The fraction of sp³-hybridized carbons (Fsp3) is 0.542. The highest BCUT2D eigenvalue weighted by Gasteiger charge is 2.50. The number of hydrogen-bond donors (Lipinski definition) is 2. The molecule has 0 aromatic carbocycles. The average molecular weight is 556 g/mol. The Morgan fingerprint density at radius 2 is 2.12 bits per heavy atom. The number of amides is 1. The lowest BCUT2D eigenvalue weighted by atomic mass is 9.81. The number of carbonyl (C=O) groups excluding carboxylic acids is 1. The molecule has 2 unspecified atom stereocenters. The molecule has 0 bridgehead atoms. The Bertz CT molecular complexity index is 965. The molecule has 1 saturated carbocycles. The SMILES string of the molecule is C=C1/C(=C2/CN3C(=O)C(I)=C(C(O)(CC)C(=O)O)CC3/C2=N/CCCF)CCC/C1=C\C. The zero-order valence-corrected chi connectivity index (χ0v) is 20.7. The van der Waals surface area contributed by atoms with Crippen LogP contribution in [0.4, 0.5) is 4.39 Å². The summed E-state index contributed by atoms with van der Waals surface area (Å²) in [5.41, 5.74) is 2.96. The average Bonchev–Trinajstić information content (AvgIpc) is 3.14. The number of hydrogen-bond acceptors (Lipinski definition) is 4. The Labute approximate surface area is 201 Å². The molecule has 2 fully saturated rings. The van der Waals surface area contributed by atoms with E-state index in [1.54, 1.807) is 11.8 Å². The predicted octanol–water partition coefficient (Wildman–Crippen LogP) is 4.30. The molecular formula is C24H30FIN2O4. The summed E-state index contributed by atoms with van der Waals surface area (Å²) in [5, 5.41) is 20.6. The standard InChI is InChI=1S/C24H30FIN2O4/c1-4-15-8-6-9-16(14(15)3)17-13-28-19(21(17)27-11-7-10-25)12-18(20(26)22(28)29)24(32,5-2)23(30)31/h4,19,32H,3,5-13H2,1-2H3,(H,30,31)/b15-4+,17-16-,27-21+. The van der Waals surface area contributed by atoms with Gasteiger partial charge in [0, 0.05) is 13.1 Å². The van der Waals surface area contributed by atoms with Crippen LogP contribution in [0.1, 0.15) is 52.4 Å². The summed E-state index contributed by atoms with van der Waals surface area (Å²) in [6, 6.07) is -0.473. The molecule has 0 aromatic rings. The van der Waals surface area contributed by atoms with Gasteiger partial charge in [-0.3, -0.25) is 14.2 Å². The summed E-state index contributed by atoms with van der Waals surface area (Å²) in [7, 11) is 0. The molecule has 1 saturated heterocycles. The van der Waals surface area contributed by atoms with E-state index in [4.69, 9.17) is 4.99 Å². The van der Waals surface area contributed by atoms with Crippen molar-refractivity contribution in [2.75, 3.05) is 19.8 Å². The number of aliphatic imine (C=N–C) groups is 1. The third-order valence-corrected chi connectivity index (χ3v) is 7.83. The molecule has 3 rings (SSSR count). The minimum Gasteiger partial charge on any atom is -0.479 e. The number of carbonyl (C=O) groups is 2. The van der Waals surface area contributed by atoms with Crippen LogP contribution in [0.25, 0.3) is 0 Å². The molecule has 174 valence electrons. The number of carboxylic acid groups (broad SMARTS) is 1. The van der Waals surface area contributed by atoms with E-state index >= 15 is 0 Å². The Kier molecular flexibility index (Phi) is 7.75. The molecule has 0 aromatic heterocycles. The van der Waals surface area contributed by atoms with E-state index in [9.17, 15) is 24.2 Å². The molecule has 1 aliphatic carbocycles. The molecule has 2 N–H and O–H groups in total. The van der Waals surface area contributed by atoms with Crippen molar-refractivity contribution in [3.05, 3.63) is 44.1 Å². The number of rotatable bonds is 6. The third kappa shape index (κ3) is 4.23. The first-order valence-corrected chi connectivity index (χ1v) is 12.1. The Hall–Kier alpha value is -1.81. The zero-order valence-electron chi connectivity index (χ0n) is 18.6. The number of carboxylic acids is 1. The summed E-state index contributed by atoms with van der Waals surface area (Å²) < 4.78 is 13.1. The van der Waals surface area contributed by atoms with E-state index < -0.39 is 24.3 Å². The number of aliphatic hydroxyl groups is 1. The summed E-state index contributed by atoms with van der Waals surface area (Å²) >= 11 is 1.85. The topological polar surface area (TPSA) is 90.2 Å². The second kappa shape index (κ2) is 9.99. The van der Waals surface area contributed by atoms with Crippen molar-refractivity contribution in [1.29, 1.82) is 0 Å². The van der Waals surface area contributed by atoms with Crippen LogP contribution in [-0.2, 0) is 9.59 Å². The van der Waals surface area contributed by atoms with Crippen molar-refractivity contribution < 1.29 is 24.2 Å². The highest BCUT2D eigenvalue weighted by molar-refractivity contribution is 14.1. The maximum Gasteiger partial charge on any atom is 0.340 e. The Morgan fingerprint density at radius 3 is 2.72 bits per heavy atom. The lowest BCUT2D eigenvalue weighted by molar-refractivity contribution is -0.155. The van der Waals surface area contributed by atoms with Gasteiger partial charge in [-0.2, -0.15) is 0 Å². The van der Waals surface area contributed by atoms with Crippen LogP contribution in [0.2, 0.25) is 0 Å². The monoisotopic (exact) mass is 556 g/mol. The van der Waals surface area contributed by atoms with Crippen LogP contribution >= 0.6 is 22.6 Å². The molecular weight excluding hydrogens is 526 g/mol. The van der Waals surface area contributed by atoms with Gasteiger partial charge in [-0.1, -0.05) is 19.6 Å². The molecule has 32 heavy (non-hydrogen) atoms. The van der Waals surface area contributed by atoms with Gasteiger partial charge in [-0.05, 0) is 95.9 Å². The number of aliphatic carboxylic acids is 1. The highest BCUT2D eigenvalue weighted by Crippen LogP contribution is 2.43. The van der Waals surface area contributed by atoms with Gasteiger partial charge in [0.25, 0.3) is 5.91 Å². The van der Waals surface area contributed by atoms with Gasteiger partial charge in [0.2, 0.25) is 0 Å². The van der Waals surface area contributed by atoms with E-state index in [1.165, 1.54) is 5.57 Å². The normalized spacial score (nSPS) is 28.5. The van der Waals surface area contributed by atoms with E-state index in [2.05, 4.69) is 12.7 Å². The molecule has 2 atom stereocenters. The van der Waals surface area contributed by atoms with Gasteiger partial charge in [-0.25, -0.2) is 4.79 Å². The molecule has 2 heterocycles. The number of alkyl halides is 1. The smallest absolute Gasteiger partial charge is 0.340 e. The Morgan fingerprint density at radius 1 is 1.41 bits per heavy atom. The summed E-state index contributed by atoms with van der Waals surface area (Å²) in [5.74, 6) is -1.66. The van der Waals surface area contributed by atoms with Crippen LogP contribution in [-0.4, -0.2) is 64.1 Å². The number of allylic oxidation sites excluding steroid dienone is 4. The fourth-order valence-corrected chi connectivity index (χ4v) is 5.80. The van der Waals surface area contributed by atoms with Crippen LogP contribution in [0.5, 0.6) is 0 Å². The second-order valence-electron chi connectivity index (χ2n) is 8.38. The zero-order chi connectivity index (χ0) is 23.6. The van der Waals surface area contributed by atoms with Gasteiger partial charge < -0.3 is 15.1 Å². The first-order valence-electron chi connectivity index (χ1n) is 11.0. The molecule has 2 aliphatic heterocycles. The minimum absolute atomic E-state index is 0.0477. The van der Waals surface area contributed by atoms with Gasteiger partial charge in [0.15, 0.2) is 5.60 Å². The van der Waals surface area contributed by atoms with E-state index in [-0.39, 0.29) is 40.9 Å². The predicted molar refractivity (Wildman–Crippen MR) is 131 cm³/mol. The van der Waals surface area contributed by atoms with E-state index in [0.29, 0.717) is 12.3 Å². The van der Waals surface area contributed by atoms with Gasteiger partial charge in [-0.15, -0.1) is 0 Å². The molecule has 3 aliphatic rings. The largest absolute Gasteiger partial charge is 0.479 e. The lowest BCUT2D eigenvalue weighted by Gasteiger charge is -2.36. The van der Waals surface area contributed by atoms with Gasteiger partial charge in [0.05, 0.1) is 22.0 Å². The summed E-state index contributed by atoms with van der Waals surface area (Å²) in [4.78, 5) is 31.6. The first kappa shape index (κ1) is 24.8. The van der Waals surface area contributed by atoms with E-state index in [1.807, 2.05) is 29.5 Å². The van der Waals surface area contributed by atoms with Crippen LogP contribution in [0, 0.1) is 0 Å². The van der Waals surface area contributed by atoms with Crippen molar-refractivity contribution in [3.63, 3.8) is 0 Å². The quantitative estimate of drug-likeness (QED) is 0.377. The molecule has 0 radical (unpaired) electrons. The summed E-state index contributed by atoms with van der Waals surface area (Å²) in [6.45, 7) is 8.03. The number of nitrogens with zero attached hydrogens (tertiary/aromatic N) is 2. The van der Waals surface area contributed by atoms with Crippen LogP contribution in [0.3, 0.4) is 0 Å². The third-order valence-electron chi connectivity index (χ3n) is 6.72.